The van der Waals surface area contributed by atoms with Crippen molar-refractivity contribution in [2.45, 2.75) is 38.2 Å². The molecule has 3 rings (SSSR count). The Bertz CT molecular complexity index is 951. The summed E-state index contributed by atoms with van der Waals surface area (Å²) in [5, 5.41) is 0. The number of imidazole rings is 1. The van der Waals surface area contributed by atoms with Crippen molar-refractivity contribution in [3.05, 3.63) is 6.33 Å². The Balaban J connectivity index is 1.99. The van der Waals surface area contributed by atoms with E-state index in [2.05, 4.69) is 20.9 Å². The molecule has 1 unspecified atom stereocenters. The van der Waals surface area contributed by atoms with E-state index in [1.807, 2.05) is 0 Å². The number of carbonyl (C=O) groups excluding carboxylic acids is 2. The fraction of sp³-hybridized carbons (Fsp3) is 0.438. The normalized spacial score (nSPS) is 24.5. The maximum absolute atomic E-state index is 11.5. The number of hydrogen-bond donors (Lipinski definition) is 2. The van der Waals surface area contributed by atoms with E-state index in [4.69, 9.17) is 32.1 Å². The zero-order valence-electron chi connectivity index (χ0n) is 14.7. The molecule has 2 aromatic heterocycles. The number of nitrogens with two attached hydrogens (primary N) is 2. The molecule has 3 heterocycles. The van der Waals surface area contributed by atoms with Crippen LogP contribution in [0.15, 0.2) is 6.33 Å². The Morgan fingerprint density at radius 3 is 2.78 bits per heavy atom. The van der Waals surface area contributed by atoms with Gasteiger partial charge in [-0.05, 0) is 0 Å². The Labute approximate surface area is 154 Å². The van der Waals surface area contributed by atoms with E-state index in [1.54, 1.807) is 4.57 Å². The van der Waals surface area contributed by atoms with Crippen LogP contribution in [0.1, 0.15) is 26.5 Å². The molecular weight excluding hydrogens is 356 g/mol. The van der Waals surface area contributed by atoms with Crippen LogP contribution in [0.25, 0.3) is 11.2 Å². The van der Waals surface area contributed by atoms with Crippen LogP contribution < -0.4 is 11.5 Å². The second kappa shape index (κ2) is 6.73. The molecule has 0 radical (unpaired) electrons. The molecule has 1 aliphatic heterocycles. The van der Waals surface area contributed by atoms with E-state index in [1.165, 1.54) is 20.2 Å². The van der Waals surface area contributed by atoms with Gasteiger partial charge in [0.25, 0.3) is 0 Å². The minimum absolute atomic E-state index is 0.0283. The summed E-state index contributed by atoms with van der Waals surface area (Å²) in [4.78, 5) is 34.9. The number of rotatable bonds is 4. The first-order valence-corrected chi connectivity index (χ1v) is 7.97. The molecule has 2 aromatic rings. The van der Waals surface area contributed by atoms with Gasteiger partial charge in [0.05, 0.1) is 6.33 Å². The molecule has 11 nitrogen and oxygen atoms in total. The van der Waals surface area contributed by atoms with Gasteiger partial charge in [-0.2, -0.15) is 9.97 Å². The van der Waals surface area contributed by atoms with Crippen LogP contribution in [0.3, 0.4) is 0 Å². The lowest BCUT2D eigenvalue weighted by Gasteiger charge is -2.28. The van der Waals surface area contributed by atoms with Gasteiger partial charge in [0.1, 0.15) is 24.5 Å². The molecule has 0 saturated carbocycles. The molecule has 1 saturated heterocycles. The van der Waals surface area contributed by atoms with E-state index < -0.39 is 29.9 Å². The fourth-order valence-electron chi connectivity index (χ4n) is 2.93. The van der Waals surface area contributed by atoms with Crippen molar-refractivity contribution in [3.63, 3.8) is 0 Å². The predicted molar refractivity (Wildman–Crippen MR) is 92.6 cm³/mol. The SMILES string of the molecule is C#C[C@]1(COC(C)=O)O[C@@H](n2cnc3c(N)nc(N)nc32)CC1OC(C)=O. The average Bonchev–Trinajstić information content (AvgIpc) is 3.14. The van der Waals surface area contributed by atoms with E-state index in [0.717, 1.165) is 0 Å². The molecule has 0 aromatic carbocycles. The van der Waals surface area contributed by atoms with Gasteiger partial charge >= 0.3 is 11.9 Å². The van der Waals surface area contributed by atoms with Crippen LogP contribution in [0.2, 0.25) is 0 Å². The minimum atomic E-state index is -1.46. The number of hydrogen-bond acceptors (Lipinski definition) is 10. The molecule has 1 fully saturated rings. The summed E-state index contributed by atoms with van der Waals surface area (Å²) in [6.45, 7) is 2.21. The fourth-order valence-corrected chi connectivity index (χ4v) is 2.93. The van der Waals surface area contributed by atoms with Crippen molar-refractivity contribution in [2.75, 3.05) is 18.1 Å². The highest BCUT2D eigenvalue weighted by Crippen LogP contribution is 2.40. The lowest BCUT2D eigenvalue weighted by molar-refractivity contribution is -0.164. The molecule has 4 N–H and O–H groups in total. The number of esters is 2. The molecule has 1 aliphatic rings. The lowest BCUT2D eigenvalue weighted by Crippen LogP contribution is -2.45. The smallest absolute Gasteiger partial charge is 0.303 e. The molecule has 11 heteroatoms. The topological polar surface area (TPSA) is 157 Å². The van der Waals surface area contributed by atoms with Gasteiger partial charge in [-0.3, -0.25) is 14.2 Å². The standard InChI is InChI=1S/C16H18N6O5/c1-4-16(6-25-8(2)23)10(26-9(3)24)5-11(27-16)22-7-19-12-13(17)20-15(18)21-14(12)22/h1,7,10-11H,5-6H2,2-3H3,(H4,17,18,20,21)/t10?,11-,16-/m1/s1. The summed E-state index contributed by atoms with van der Waals surface area (Å²) in [6, 6.07) is 0. The molecule has 0 amide bonds. The van der Waals surface area contributed by atoms with Crippen molar-refractivity contribution in [3.8, 4) is 12.3 Å². The Kier molecular flexibility index (Phi) is 4.59. The highest BCUT2D eigenvalue weighted by Gasteiger charge is 2.52. The number of nitrogens with zero attached hydrogens (tertiary/aromatic N) is 4. The molecule has 3 atom stereocenters. The summed E-state index contributed by atoms with van der Waals surface area (Å²) in [5.41, 5.74) is 10.7. The van der Waals surface area contributed by atoms with Gasteiger partial charge in [0.2, 0.25) is 11.5 Å². The summed E-state index contributed by atoms with van der Waals surface area (Å²) >= 11 is 0. The van der Waals surface area contributed by atoms with Gasteiger partial charge in [-0.1, -0.05) is 5.92 Å². The average molecular weight is 374 g/mol. The van der Waals surface area contributed by atoms with Crippen LogP contribution in [0, 0.1) is 12.3 Å². The van der Waals surface area contributed by atoms with Crippen molar-refractivity contribution >= 4 is 34.9 Å². The van der Waals surface area contributed by atoms with E-state index in [9.17, 15) is 9.59 Å². The second-order valence-corrected chi connectivity index (χ2v) is 6.01. The number of carbonyl (C=O) groups is 2. The molecule has 0 aliphatic carbocycles. The molecule has 142 valence electrons. The lowest BCUT2D eigenvalue weighted by atomic mass is 9.98. The molecule has 27 heavy (non-hydrogen) atoms. The first-order valence-electron chi connectivity index (χ1n) is 7.97. The van der Waals surface area contributed by atoms with Gasteiger partial charge in [0.15, 0.2) is 11.5 Å². The van der Waals surface area contributed by atoms with Crippen molar-refractivity contribution in [1.29, 1.82) is 0 Å². The number of fused-ring (bicyclic) bond motifs is 1. The van der Waals surface area contributed by atoms with Crippen molar-refractivity contribution in [2.24, 2.45) is 0 Å². The zero-order chi connectivity index (χ0) is 19.8. The second-order valence-electron chi connectivity index (χ2n) is 6.01. The number of nitrogen functional groups attached to an aromatic ring is 2. The molecule has 0 bridgehead atoms. The largest absolute Gasteiger partial charge is 0.462 e. The minimum Gasteiger partial charge on any atom is -0.462 e. The number of aromatic nitrogens is 4. The third-order valence-corrected chi connectivity index (χ3v) is 4.10. The Morgan fingerprint density at radius 2 is 2.15 bits per heavy atom. The maximum atomic E-state index is 11.5. The third kappa shape index (κ3) is 3.34. The summed E-state index contributed by atoms with van der Waals surface area (Å²) < 4.78 is 17.9. The van der Waals surface area contributed by atoms with Gasteiger partial charge in [0, 0.05) is 20.3 Å². The summed E-state index contributed by atoms with van der Waals surface area (Å²) in [7, 11) is 0. The Hall–Kier alpha value is -3.39. The van der Waals surface area contributed by atoms with Crippen molar-refractivity contribution < 1.29 is 23.8 Å². The van der Waals surface area contributed by atoms with Gasteiger partial charge in [-0.15, -0.1) is 6.42 Å². The Morgan fingerprint density at radius 1 is 1.41 bits per heavy atom. The monoisotopic (exact) mass is 374 g/mol. The quantitative estimate of drug-likeness (QED) is 0.541. The van der Waals surface area contributed by atoms with Crippen LogP contribution in [-0.2, 0) is 23.8 Å². The number of terminal acetylenes is 1. The van der Waals surface area contributed by atoms with E-state index in [0.29, 0.717) is 11.2 Å². The maximum Gasteiger partial charge on any atom is 0.303 e. The highest BCUT2D eigenvalue weighted by molar-refractivity contribution is 5.82. The van der Waals surface area contributed by atoms with Gasteiger partial charge in [-0.25, -0.2) is 4.98 Å². The van der Waals surface area contributed by atoms with E-state index in [-0.39, 0.29) is 24.8 Å². The summed E-state index contributed by atoms with van der Waals surface area (Å²) in [6.07, 6.45) is 5.72. The van der Waals surface area contributed by atoms with Crippen molar-refractivity contribution in [1.82, 2.24) is 19.5 Å². The number of anilines is 2. The van der Waals surface area contributed by atoms with Crippen LogP contribution >= 0.6 is 0 Å². The van der Waals surface area contributed by atoms with Crippen LogP contribution in [0.4, 0.5) is 11.8 Å². The number of ether oxygens (including phenoxy) is 3. The van der Waals surface area contributed by atoms with E-state index >= 15 is 0 Å². The first-order chi connectivity index (χ1) is 12.8. The molecule has 0 spiro atoms. The summed E-state index contributed by atoms with van der Waals surface area (Å²) in [5.74, 6) is 1.46. The first kappa shape index (κ1) is 18.4. The zero-order valence-corrected chi connectivity index (χ0v) is 14.7. The van der Waals surface area contributed by atoms with Crippen LogP contribution in [-0.4, -0.2) is 49.8 Å². The predicted octanol–water partition coefficient (Wildman–Crippen LogP) is -0.224. The third-order valence-electron chi connectivity index (χ3n) is 4.10. The van der Waals surface area contributed by atoms with Gasteiger partial charge < -0.3 is 25.7 Å². The molecular formula is C16H18N6O5. The van der Waals surface area contributed by atoms with Crippen LogP contribution in [0.5, 0.6) is 0 Å². The highest BCUT2D eigenvalue weighted by atomic mass is 16.6.